The lowest BCUT2D eigenvalue weighted by atomic mass is 10.0. The van der Waals surface area contributed by atoms with E-state index in [1.54, 1.807) is 13.1 Å². The molecule has 1 fully saturated rings. The largest absolute Gasteiger partial charge is 0.373 e. The Bertz CT molecular complexity index is 441. The van der Waals surface area contributed by atoms with Gasteiger partial charge in [-0.3, -0.25) is 4.79 Å². The molecule has 0 aliphatic carbocycles. The van der Waals surface area contributed by atoms with E-state index in [0.29, 0.717) is 5.69 Å². The molecule has 20 heavy (non-hydrogen) atoms. The average Bonchev–Trinajstić information content (AvgIpc) is 2.49. The zero-order valence-corrected chi connectivity index (χ0v) is 12.4. The lowest BCUT2D eigenvalue weighted by Crippen LogP contribution is -2.44. The highest BCUT2D eigenvalue weighted by atomic mass is 16.1. The molecule has 1 aliphatic heterocycles. The molecule has 5 heteroatoms. The summed E-state index contributed by atoms with van der Waals surface area (Å²) in [5.41, 5.74) is 0.479. The predicted molar refractivity (Wildman–Crippen MR) is 81.0 cm³/mol. The first-order valence-electron chi connectivity index (χ1n) is 7.41. The molecule has 1 aromatic heterocycles. The maximum atomic E-state index is 12.2. The second-order valence-corrected chi connectivity index (χ2v) is 5.25. The molecule has 0 radical (unpaired) electrons. The lowest BCUT2D eigenvalue weighted by Gasteiger charge is -2.32. The summed E-state index contributed by atoms with van der Waals surface area (Å²) < 4.78 is 0. The Morgan fingerprint density at radius 3 is 2.80 bits per heavy atom. The highest BCUT2D eigenvalue weighted by molar-refractivity contribution is 5.92. The van der Waals surface area contributed by atoms with E-state index in [2.05, 4.69) is 27.4 Å². The first-order valence-corrected chi connectivity index (χ1v) is 7.41. The Balaban J connectivity index is 1.86. The molecular weight excluding hydrogens is 252 g/mol. The van der Waals surface area contributed by atoms with Crippen molar-refractivity contribution in [2.75, 3.05) is 32.0 Å². The molecule has 0 atom stereocenters. The third-order valence-corrected chi connectivity index (χ3v) is 3.70. The molecule has 1 aromatic rings. The fourth-order valence-corrected chi connectivity index (χ4v) is 2.58. The van der Waals surface area contributed by atoms with Crippen molar-refractivity contribution in [2.24, 2.45) is 0 Å². The normalized spacial score (nSPS) is 16.9. The summed E-state index contributed by atoms with van der Waals surface area (Å²) in [7, 11) is 1.80. The Labute approximate surface area is 120 Å². The number of nitrogens with zero attached hydrogens (tertiary/aromatic N) is 2. The van der Waals surface area contributed by atoms with Crippen LogP contribution in [-0.2, 0) is 0 Å². The highest BCUT2D eigenvalue weighted by Crippen LogP contribution is 2.11. The smallest absolute Gasteiger partial charge is 0.270 e. The summed E-state index contributed by atoms with van der Waals surface area (Å²) in [6.45, 7) is 5.51. The molecule has 110 valence electrons. The van der Waals surface area contributed by atoms with Crippen LogP contribution >= 0.6 is 0 Å². The number of amides is 1. The van der Waals surface area contributed by atoms with E-state index in [-0.39, 0.29) is 11.9 Å². The lowest BCUT2D eigenvalue weighted by molar-refractivity contribution is 0.0906. The van der Waals surface area contributed by atoms with Gasteiger partial charge in [0.25, 0.3) is 5.91 Å². The van der Waals surface area contributed by atoms with Gasteiger partial charge in [0, 0.05) is 26.2 Å². The van der Waals surface area contributed by atoms with E-state index in [4.69, 9.17) is 0 Å². The van der Waals surface area contributed by atoms with Gasteiger partial charge in [-0.2, -0.15) is 0 Å². The molecule has 0 bridgehead atoms. The summed E-state index contributed by atoms with van der Waals surface area (Å²) in [4.78, 5) is 18.9. The van der Waals surface area contributed by atoms with Crippen LogP contribution in [0.2, 0.25) is 0 Å². The van der Waals surface area contributed by atoms with Crippen LogP contribution in [0.25, 0.3) is 0 Å². The molecule has 2 rings (SSSR count). The van der Waals surface area contributed by atoms with Crippen LogP contribution in [0.1, 0.15) is 36.7 Å². The Hall–Kier alpha value is -1.62. The number of piperidine rings is 1. The molecule has 2 N–H and O–H groups in total. The number of carbonyl (C=O) groups is 1. The van der Waals surface area contributed by atoms with E-state index in [1.165, 1.54) is 6.42 Å². The van der Waals surface area contributed by atoms with Crippen molar-refractivity contribution in [2.45, 2.75) is 32.2 Å². The summed E-state index contributed by atoms with van der Waals surface area (Å²) >= 11 is 0. The maximum absolute atomic E-state index is 12.2. The Morgan fingerprint density at radius 2 is 2.15 bits per heavy atom. The number of rotatable bonds is 5. The molecule has 1 amide bonds. The third-order valence-electron chi connectivity index (χ3n) is 3.70. The number of carbonyl (C=O) groups excluding carboxylic acids is 1. The van der Waals surface area contributed by atoms with Gasteiger partial charge in [-0.15, -0.1) is 0 Å². The Kier molecular flexibility index (Phi) is 5.35. The van der Waals surface area contributed by atoms with Gasteiger partial charge in [-0.1, -0.05) is 13.0 Å². The van der Waals surface area contributed by atoms with Gasteiger partial charge < -0.3 is 15.5 Å². The van der Waals surface area contributed by atoms with Gasteiger partial charge in [-0.25, -0.2) is 4.98 Å². The van der Waals surface area contributed by atoms with Crippen LogP contribution < -0.4 is 10.6 Å². The van der Waals surface area contributed by atoms with Crippen LogP contribution in [0.15, 0.2) is 18.2 Å². The SMILES string of the molecule is CCCN1CCC(NC(=O)c2cccc(NC)n2)CC1. The molecule has 5 nitrogen and oxygen atoms in total. The van der Waals surface area contributed by atoms with Gasteiger partial charge >= 0.3 is 0 Å². The molecule has 1 aliphatic rings. The monoisotopic (exact) mass is 276 g/mol. The quantitative estimate of drug-likeness (QED) is 0.860. The summed E-state index contributed by atoms with van der Waals surface area (Å²) in [6.07, 6.45) is 3.24. The fourth-order valence-electron chi connectivity index (χ4n) is 2.58. The fraction of sp³-hybridized carbons (Fsp3) is 0.600. The number of nitrogens with one attached hydrogen (secondary N) is 2. The van der Waals surface area contributed by atoms with E-state index < -0.39 is 0 Å². The van der Waals surface area contributed by atoms with Crippen LogP contribution in [0, 0.1) is 0 Å². The minimum Gasteiger partial charge on any atom is -0.373 e. The second kappa shape index (κ2) is 7.24. The molecule has 1 saturated heterocycles. The summed E-state index contributed by atoms with van der Waals surface area (Å²) in [6, 6.07) is 5.72. The van der Waals surface area contributed by atoms with E-state index in [1.807, 2.05) is 12.1 Å². The molecule has 0 aromatic carbocycles. The minimum absolute atomic E-state index is 0.0731. The molecular formula is C15H24N4O. The zero-order valence-electron chi connectivity index (χ0n) is 12.4. The highest BCUT2D eigenvalue weighted by Gasteiger charge is 2.21. The number of likely N-dealkylation sites (tertiary alicyclic amines) is 1. The number of anilines is 1. The van der Waals surface area contributed by atoms with Crippen LogP contribution in [0.5, 0.6) is 0 Å². The van der Waals surface area contributed by atoms with Crippen LogP contribution in [0.4, 0.5) is 5.82 Å². The maximum Gasteiger partial charge on any atom is 0.270 e. The van der Waals surface area contributed by atoms with Crippen molar-refractivity contribution in [3.63, 3.8) is 0 Å². The molecule has 0 saturated carbocycles. The van der Waals surface area contributed by atoms with Crippen molar-refractivity contribution < 1.29 is 4.79 Å². The van der Waals surface area contributed by atoms with Gasteiger partial charge in [0.2, 0.25) is 0 Å². The molecule has 0 unspecified atom stereocenters. The predicted octanol–water partition coefficient (Wildman–Crippen LogP) is 1.73. The third kappa shape index (κ3) is 3.93. The van der Waals surface area contributed by atoms with Crippen molar-refractivity contribution >= 4 is 11.7 Å². The van der Waals surface area contributed by atoms with Gasteiger partial charge in [0.1, 0.15) is 11.5 Å². The first kappa shape index (κ1) is 14.8. The number of hydrogen-bond acceptors (Lipinski definition) is 4. The zero-order chi connectivity index (χ0) is 14.4. The first-order chi connectivity index (χ1) is 9.72. The van der Waals surface area contributed by atoms with Crippen molar-refractivity contribution in [3.8, 4) is 0 Å². The van der Waals surface area contributed by atoms with Crippen LogP contribution in [-0.4, -0.2) is 48.5 Å². The standard InChI is InChI=1S/C15H24N4O/c1-3-9-19-10-7-12(8-11-19)17-15(20)13-5-4-6-14(16-2)18-13/h4-6,12H,3,7-11H2,1-2H3,(H,16,18)(H,17,20). The topological polar surface area (TPSA) is 57.3 Å². The number of aromatic nitrogens is 1. The molecule has 2 heterocycles. The summed E-state index contributed by atoms with van der Waals surface area (Å²) in [5, 5.41) is 6.04. The minimum atomic E-state index is -0.0731. The Morgan fingerprint density at radius 1 is 1.40 bits per heavy atom. The number of hydrogen-bond donors (Lipinski definition) is 2. The van der Waals surface area contributed by atoms with Crippen molar-refractivity contribution in [3.05, 3.63) is 23.9 Å². The van der Waals surface area contributed by atoms with Crippen molar-refractivity contribution in [1.29, 1.82) is 0 Å². The second-order valence-electron chi connectivity index (χ2n) is 5.25. The average molecular weight is 276 g/mol. The van der Waals surface area contributed by atoms with Crippen LogP contribution in [0.3, 0.4) is 0 Å². The van der Waals surface area contributed by atoms with E-state index in [9.17, 15) is 4.79 Å². The number of pyridine rings is 1. The van der Waals surface area contributed by atoms with Gasteiger partial charge in [0.15, 0.2) is 0 Å². The summed E-state index contributed by atoms with van der Waals surface area (Å²) in [5.74, 6) is 0.645. The van der Waals surface area contributed by atoms with Gasteiger partial charge in [-0.05, 0) is 37.9 Å². The van der Waals surface area contributed by atoms with E-state index in [0.717, 1.165) is 38.3 Å². The van der Waals surface area contributed by atoms with Gasteiger partial charge in [0.05, 0.1) is 0 Å². The van der Waals surface area contributed by atoms with Crippen molar-refractivity contribution in [1.82, 2.24) is 15.2 Å². The molecule has 0 spiro atoms. The van der Waals surface area contributed by atoms with E-state index >= 15 is 0 Å².